The van der Waals surface area contributed by atoms with Crippen LogP contribution in [-0.4, -0.2) is 139 Å². The van der Waals surface area contributed by atoms with Gasteiger partial charge in [-0.05, 0) is 71.5 Å². The summed E-state index contributed by atoms with van der Waals surface area (Å²) >= 11 is 5.97. The van der Waals surface area contributed by atoms with E-state index in [1.165, 1.54) is 41.3 Å². The van der Waals surface area contributed by atoms with Crippen LogP contribution in [0.5, 0.6) is 0 Å². The van der Waals surface area contributed by atoms with E-state index < -0.39 is 66.8 Å². The molecule has 1 unspecified atom stereocenters. The smallest absolute Gasteiger partial charge is 0.335 e. The number of aliphatic hydroxyl groups excluding tert-OH is 5. The number of aliphatic hydroxyl groups is 5. The molecule has 3 aromatic rings. The molecule has 304 valence electrons. The van der Waals surface area contributed by atoms with Gasteiger partial charge >= 0.3 is 5.97 Å². The average molecular weight is 813 g/mol. The Morgan fingerprint density at radius 2 is 1.63 bits per heavy atom. The molecule has 0 fully saturated rings. The van der Waals surface area contributed by atoms with Gasteiger partial charge in [0.05, 0.1) is 29.0 Å². The summed E-state index contributed by atoms with van der Waals surface area (Å²) in [6, 6.07) is 14.4. The standard InChI is InChI=1S/C38H40ClFN4O10.CH2O2/c39-27-6-2-5-26(32(27)40)28-17-31(54-42-28)37(51)44-16-13-24-23(20-11-14-43(15-12-20)18-29(46)34(48)35(49)30(47)19-45)3-1-4-25(24)33(44)36(50)41-22-9-7-21(8-10-22)38(52)53;2-1-3/h1-11,29-31,33-35,45-49H,12-19H2,(H,41,50)(H,52,53);1H,(H,2,3)/t29-,30+,31?,33-,34+,35+;/m0./s1. The van der Waals surface area contributed by atoms with Crippen LogP contribution in [0.2, 0.25) is 5.02 Å². The molecule has 0 saturated carbocycles. The van der Waals surface area contributed by atoms with Crippen molar-refractivity contribution >= 4 is 52.8 Å². The van der Waals surface area contributed by atoms with Gasteiger partial charge in [-0.25, -0.2) is 9.18 Å². The van der Waals surface area contributed by atoms with Crippen molar-refractivity contribution in [3.05, 3.63) is 105 Å². The molecule has 3 aromatic carbocycles. The fourth-order valence-corrected chi connectivity index (χ4v) is 7.21. The molecule has 0 spiro atoms. The summed E-state index contributed by atoms with van der Waals surface area (Å²) in [5.74, 6) is -2.89. The summed E-state index contributed by atoms with van der Waals surface area (Å²) in [5, 5.41) is 72.4. The minimum Gasteiger partial charge on any atom is -0.483 e. The van der Waals surface area contributed by atoms with Crippen LogP contribution in [0.25, 0.3) is 5.57 Å². The quantitative estimate of drug-likeness (QED) is 0.121. The summed E-state index contributed by atoms with van der Waals surface area (Å²) in [4.78, 5) is 56.9. The number of hydrogen-bond donors (Lipinski definition) is 8. The molecule has 2 amide bonds. The largest absolute Gasteiger partial charge is 0.483 e. The van der Waals surface area contributed by atoms with E-state index in [-0.39, 0.29) is 47.8 Å². The number of benzene rings is 3. The molecule has 8 N–H and O–H groups in total. The van der Waals surface area contributed by atoms with Crippen molar-refractivity contribution in [1.82, 2.24) is 9.80 Å². The fraction of sp³-hybridized carbons (Fsp3) is 0.359. The van der Waals surface area contributed by atoms with Crippen LogP contribution in [0.4, 0.5) is 10.1 Å². The van der Waals surface area contributed by atoms with Crippen molar-refractivity contribution < 1.29 is 64.2 Å². The number of rotatable bonds is 12. The number of halogens is 2. The molecule has 3 heterocycles. The summed E-state index contributed by atoms with van der Waals surface area (Å²) in [6.45, 7) is -0.0286. The Balaban J connectivity index is 0.00000200. The Bertz CT molecular complexity index is 2020. The number of oxime groups is 1. The van der Waals surface area contributed by atoms with Gasteiger partial charge in [0.25, 0.3) is 18.3 Å². The lowest BCUT2D eigenvalue weighted by atomic mass is 9.84. The number of carbonyl (C=O) groups excluding carboxylic acids is 2. The van der Waals surface area contributed by atoms with Crippen LogP contribution < -0.4 is 5.32 Å². The molecule has 3 aliphatic rings. The van der Waals surface area contributed by atoms with Gasteiger partial charge < -0.3 is 50.8 Å². The van der Waals surface area contributed by atoms with Crippen molar-refractivity contribution in [1.29, 1.82) is 0 Å². The summed E-state index contributed by atoms with van der Waals surface area (Å²) in [7, 11) is 0. The van der Waals surface area contributed by atoms with Crippen LogP contribution in [0.3, 0.4) is 0 Å². The monoisotopic (exact) mass is 812 g/mol. The molecule has 0 saturated heterocycles. The lowest BCUT2D eigenvalue weighted by Crippen LogP contribution is -2.50. The van der Waals surface area contributed by atoms with Crippen LogP contribution in [-0.2, 0) is 25.6 Å². The zero-order valence-electron chi connectivity index (χ0n) is 30.3. The molecule has 3 aliphatic heterocycles. The van der Waals surface area contributed by atoms with Gasteiger partial charge in [0, 0.05) is 43.9 Å². The molecule has 0 radical (unpaired) electrons. The maximum atomic E-state index is 14.8. The predicted octanol–water partition coefficient (Wildman–Crippen LogP) is 1.66. The van der Waals surface area contributed by atoms with Crippen molar-refractivity contribution in [2.24, 2.45) is 5.16 Å². The predicted molar refractivity (Wildman–Crippen MR) is 203 cm³/mol. The van der Waals surface area contributed by atoms with Crippen LogP contribution in [0.15, 0.2) is 71.9 Å². The number of aromatic carboxylic acids is 1. The topological polar surface area (TPSA) is 250 Å². The van der Waals surface area contributed by atoms with E-state index >= 15 is 0 Å². The van der Waals surface area contributed by atoms with Gasteiger partial charge in [0.1, 0.15) is 24.4 Å². The summed E-state index contributed by atoms with van der Waals surface area (Å²) in [5.41, 5.74) is 3.93. The molecular formula is C39H42ClFN4O12. The number of amides is 2. The lowest BCUT2D eigenvalue weighted by Gasteiger charge is -2.38. The summed E-state index contributed by atoms with van der Waals surface area (Å²) in [6.07, 6.45) is -4.70. The highest BCUT2D eigenvalue weighted by Gasteiger charge is 2.42. The molecule has 18 heteroatoms. The van der Waals surface area contributed by atoms with E-state index in [1.54, 1.807) is 18.2 Å². The first kappa shape index (κ1) is 42.9. The molecule has 0 bridgehead atoms. The van der Waals surface area contributed by atoms with Crippen molar-refractivity contribution in [3.8, 4) is 0 Å². The number of nitrogens with zero attached hydrogens (tertiary/aromatic N) is 3. The molecule has 57 heavy (non-hydrogen) atoms. The summed E-state index contributed by atoms with van der Waals surface area (Å²) < 4.78 is 14.8. The van der Waals surface area contributed by atoms with E-state index in [1.807, 2.05) is 17.0 Å². The second-order valence-electron chi connectivity index (χ2n) is 13.5. The van der Waals surface area contributed by atoms with Crippen LogP contribution >= 0.6 is 11.6 Å². The average Bonchev–Trinajstić information content (AvgIpc) is 3.71. The maximum Gasteiger partial charge on any atom is 0.335 e. The number of hydrogen-bond acceptors (Lipinski definition) is 12. The number of carboxylic acids is 1. The second kappa shape index (κ2) is 19.3. The Kier molecular flexibility index (Phi) is 14.5. The van der Waals surface area contributed by atoms with Crippen LogP contribution in [0, 0.1) is 5.82 Å². The first-order valence-electron chi connectivity index (χ1n) is 17.9. The Hall–Kier alpha value is -5.27. The van der Waals surface area contributed by atoms with Gasteiger partial charge in [-0.3, -0.25) is 19.3 Å². The number of anilines is 1. The number of carboxylic acid groups (broad SMARTS) is 2. The normalized spacial score (nSPS) is 19.9. The third-order valence-corrected chi connectivity index (χ3v) is 10.3. The van der Waals surface area contributed by atoms with Gasteiger partial charge in [0.2, 0.25) is 6.10 Å². The number of fused-ring (bicyclic) bond motifs is 1. The Morgan fingerprint density at radius 1 is 0.965 bits per heavy atom. The van der Waals surface area contributed by atoms with E-state index in [9.17, 15) is 44.3 Å². The minimum absolute atomic E-state index is 0.00156. The van der Waals surface area contributed by atoms with Crippen molar-refractivity contribution in [3.63, 3.8) is 0 Å². The third-order valence-electron chi connectivity index (χ3n) is 9.97. The highest BCUT2D eigenvalue weighted by molar-refractivity contribution is 6.31. The first-order valence-corrected chi connectivity index (χ1v) is 18.2. The van der Waals surface area contributed by atoms with E-state index in [0.717, 1.165) is 16.7 Å². The highest BCUT2D eigenvalue weighted by atomic mass is 35.5. The van der Waals surface area contributed by atoms with Crippen molar-refractivity contribution in [2.75, 3.05) is 38.1 Å². The number of nitrogens with one attached hydrogen (secondary N) is 1. The molecular weight excluding hydrogens is 771 g/mol. The van der Waals surface area contributed by atoms with Gasteiger partial charge in [0.15, 0.2) is 5.82 Å². The third kappa shape index (κ3) is 9.82. The van der Waals surface area contributed by atoms with E-state index in [0.29, 0.717) is 37.2 Å². The van der Waals surface area contributed by atoms with Crippen LogP contribution in [0.1, 0.15) is 51.5 Å². The lowest BCUT2D eigenvalue weighted by molar-refractivity contribution is -0.148. The van der Waals surface area contributed by atoms with E-state index in [4.69, 9.17) is 31.4 Å². The van der Waals surface area contributed by atoms with Gasteiger partial charge in [-0.1, -0.05) is 47.1 Å². The maximum absolute atomic E-state index is 14.8. The number of β-amino-alcohol motifs (C(OH)–C–C–N with tert-alkyl or cyclic N) is 1. The molecule has 6 rings (SSSR count). The zero-order valence-corrected chi connectivity index (χ0v) is 31.1. The molecule has 6 atom stereocenters. The molecule has 0 aliphatic carbocycles. The highest BCUT2D eigenvalue weighted by Crippen LogP contribution is 2.38. The Morgan fingerprint density at radius 3 is 2.28 bits per heavy atom. The number of carbonyl (C=O) groups is 4. The van der Waals surface area contributed by atoms with Crippen molar-refractivity contribution in [2.45, 2.75) is 55.8 Å². The SMILES string of the molecule is O=C(O)c1ccc(NC(=O)[C@@H]2c3cccc(C4=CCN(C[C@H](O)[C@@H](O)[C@H](O)[C@H](O)CO)CC4)c3CCN2C(=O)C2CC(c3cccc(Cl)c3F)=NO2)cc1.O=CO. The molecule has 16 nitrogen and oxygen atoms in total. The van der Waals surface area contributed by atoms with Gasteiger partial charge in [-0.15, -0.1) is 0 Å². The minimum atomic E-state index is -1.72. The van der Waals surface area contributed by atoms with E-state index in [2.05, 4.69) is 10.5 Å². The Labute approximate surface area is 330 Å². The zero-order chi connectivity index (χ0) is 41.4. The first-order chi connectivity index (χ1) is 27.3. The fourth-order valence-electron chi connectivity index (χ4n) is 7.03. The molecule has 0 aromatic heterocycles. The second-order valence-corrected chi connectivity index (χ2v) is 13.9. The van der Waals surface area contributed by atoms with Gasteiger partial charge in [-0.2, -0.15) is 0 Å².